The third kappa shape index (κ3) is 6.78. The summed E-state index contributed by atoms with van der Waals surface area (Å²) in [5.74, 6) is 0.674. The Kier molecular flexibility index (Phi) is 8.70. The number of ether oxygens (including phenoxy) is 1. The van der Waals surface area contributed by atoms with Gasteiger partial charge in [0.05, 0.1) is 21.7 Å². The molecule has 0 N–H and O–H groups in total. The van der Waals surface area contributed by atoms with Crippen LogP contribution in [-0.4, -0.2) is 44.1 Å². The maximum absolute atomic E-state index is 12.5. The standard InChI is InChI=1S/C23H28N2O4S3/c1-4-29-14-13-25-20-12-11-19(32(3,27)28)16-21(20)31-23(25)24-22(26)6-5-15-30-18-9-7-17(2)8-10-18/h7-12,16H,4-6,13-15H2,1-3H3. The predicted octanol–water partition coefficient (Wildman–Crippen LogP) is 4.45. The molecule has 1 amide bonds. The first kappa shape index (κ1) is 24.7. The van der Waals surface area contributed by atoms with E-state index in [-0.39, 0.29) is 10.8 Å². The molecule has 1 heterocycles. The Morgan fingerprint density at radius 1 is 1.19 bits per heavy atom. The van der Waals surface area contributed by atoms with Gasteiger partial charge in [-0.05, 0) is 56.4 Å². The van der Waals surface area contributed by atoms with E-state index in [1.165, 1.54) is 28.1 Å². The van der Waals surface area contributed by atoms with E-state index in [0.717, 1.165) is 22.4 Å². The number of benzene rings is 2. The molecule has 32 heavy (non-hydrogen) atoms. The molecule has 0 fully saturated rings. The van der Waals surface area contributed by atoms with Crippen LogP contribution in [0.2, 0.25) is 0 Å². The quantitative estimate of drug-likeness (QED) is 0.309. The third-order valence-corrected chi connectivity index (χ3v) is 8.04. The van der Waals surface area contributed by atoms with Crippen LogP contribution >= 0.6 is 23.1 Å². The number of carbonyl (C=O) groups excluding carboxylic acids is 1. The minimum atomic E-state index is -3.31. The molecule has 0 saturated heterocycles. The van der Waals surface area contributed by atoms with Crippen LogP contribution in [0.1, 0.15) is 25.3 Å². The van der Waals surface area contributed by atoms with Gasteiger partial charge in [0.15, 0.2) is 14.6 Å². The van der Waals surface area contributed by atoms with Crippen LogP contribution in [0.5, 0.6) is 0 Å². The number of hydrogen-bond acceptors (Lipinski definition) is 6. The van der Waals surface area contributed by atoms with Crippen LogP contribution in [0.4, 0.5) is 0 Å². The minimum absolute atomic E-state index is 0.172. The lowest BCUT2D eigenvalue weighted by molar-refractivity contribution is -0.118. The van der Waals surface area contributed by atoms with Crippen LogP contribution in [0.15, 0.2) is 57.2 Å². The van der Waals surface area contributed by atoms with Gasteiger partial charge < -0.3 is 9.30 Å². The minimum Gasteiger partial charge on any atom is -0.380 e. The van der Waals surface area contributed by atoms with E-state index in [2.05, 4.69) is 36.2 Å². The lowest BCUT2D eigenvalue weighted by Gasteiger charge is -2.06. The molecule has 0 bridgehead atoms. The molecule has 0 spiro atoms. The van der Waals surface area contributed by atoms with Crippen LogP contribution < -0.4 is 4.80 Å². The highest BCUT2D eigenvalue weighted by Gasteiger charge is 2.13. The van der Waals surface area contributed by atoms with Gasteiger partial charge in [0.25, 0.3) is 0 Å². The number of carbonyl (C=O) groups is 1. The van der Waals surface area contributed by atoms with Crippen molar-refractivity contribution in [1.29, 1.82) is 0 Å². The van der Waals surface area contributed by atoms with Crippen LogP contribution in [-0.2, 0) is 25.9 Å². The second kappa shape index (κ2) is 11.3. The van der Waals surface area contributed by atoms with Gasteiger partial charge in [0, 0.05) is 30.7 Å². The van der Waals surface area contributed by atoms with Crippen molar-refractivity contribution in [3.63, 3.8) is 0 Å². The number of nitrogens with zero attached hydrogens (tertiary/aromatic N) is 2. The number of sulfone groups is 1. The molecule has 0 radical (unpaired) electrons. The molecule has 2 aromatic carbocycles. The largest absolute Gasteiger partial charge is 0.380 e. The van der Waals surface area contributed by atoms with Crippen LogP contribution in [0, 0.1) is 6.92 Å². The fourth-order valence-corrected chi connectivity index (χ4v) is 5.78. The van der Waals surface area contributed by atoms with E-state index >= 15 is 0 Å². The molecule has 1 aromatic heterocycles. The number of amides is 1. The molecule has 3 aromatic rings. The lowest BCUT2D eigenvalue weighted by atomic mass is 10.2. The van der Waals surface area contributed by atoms with Crippen molar-refractivity contribution in [1.82, 2.24) is 4.57 Å². The molecule has 6 nitrogen and oxygen atoms in total. The maximum atomic E-state index is 12.5. The summed E-state index contributed by atoms with van der Waals surface area (Å²) in [6.07, 6.45) is 2.30. The monoisotopic (exact) mass is 492 g/mol. The topological polar surface area (TPSA) is 77.7 Å². The first-order chi connectivity index (χ1) is 15.3. The molecular formula is C23H28N2O4S3. The smallest absolute Gasteiger partial charge is 0.248 e. The molecule has 0 saturated carbocycles. The zero-order chi connectivity index (χ0) is 23.1. The Hall–Kier alpha value is -1.94. The van der Waals surface area contributed by atoms with Gasteiger partial charge in [0.1, 0.15) is 0 Å². The Balaban J connectivity index is 1.75. The van der Waals surface area contributed by atoms with Crippen LogP contribution in [0.3, 0.4) is 0 Å². The summed E-state index contributed by atoms with van der Waals surface area (Å²) >= 11 is 3.06. The third-order valence-electron chi connectivity index (χ3n) is 4.79. The van der Waals surface area contributed by atoms with E-state index in [9.17, 15) is 13.2 Å². The summed E-state index contributed by atoms with van der Waals surface area (Å²) in [7, 11) is -3.31. The van der Waals surface area contributed by atoms with Gasteiger partial charge in [0.2, 0.25) is 5.91 Å². The molecule has 0 aliphatic carbocycles. The number of aromatic nitrogens is 1. The SMILES string of the molecule is CCOCCn1c(=NC(=O)CCCSc2ccc(C)cc2)sc2cc(S(C)(=O)=O)ccc21. The van der Waals surface area contributed by atoms with E-state index < -0.39 is 9.84 Å². The summed E-state index contributed by atoms with van der Waals surface area (Å²) in [5.41, 5.74) is 2.08. The van der Waals surface area contributed by atoms with Gasteiger partial charge in [-0.3, -0.25) is 4.79 Å². The molecule has 172 valence electrons. The van der Waals surface area contributed by atoms with E-state index in [4.69, 9.17) is 4.74 Å². The first-order valence-corrected chi connectivity index (χ1v) is 14.2. The first-order valence-electron chi connectivity index (χ1n) is 10.5. The average Bonchev–Trinajstić information content (AvgIpc) is 3.08. The number of hydrogen-bond donors (Lipinski definition) is 0. The van der Waals surface area contributed by atoms with Crippen molar-refractivity contribution in [2.75, 3.05) is 25.2 Å². The van der Waals surface area contributed by atoms with Crippen molar-refractivity contribution in [2.45, 2.75) is 43.0 Å². The summed E-state index contributed by atoms with van der Waals surface area (Å²) in [6, 6.07) is 13.4. The Bertz CT molecular complexity index is 1240. The van der Waals surface area contributed by atoms with Crippen molar-refractivity contribution >= 4 is 49.1 Å². The lowest BCUT2D eigenvalue weighted by Crippen LogP contribution is -2.19. The van der Waals surface area contributed by atoms with Crippen molar-refractivity contribution in [3.8, 4) is 0 Å². The van der Waals surface area contributed by atoms with E-state index in [1.54, 1.807) is 30.0 Å². The normalized spacial score (nSPS) is 12.5. The van der Waals surface area contributed by atoms with Crippen LogP contribution in [0.25, 0.3) is 10.2 Å². The molecule has 9 heteroatoms. The van der Waals surface area contributed by atoms with Crippen molar-refractivity contribution in [2.24, 2.45) is 4.99 Å². The average molecular weight is 493 g/mol. The fourth-order valence-electron chi connectivity index (χ4n) is 3.10. The molecule has 3 rings (SSSR count). The van der Waals surface area contributed by atoms with Gasteiger partial charge in [-0.2, -0.15) is 4.99 Å². The fraction of sp³-hybridized carbons (Fsp3) is 0.391. The van der Waals surface area contributed by atoms with Gasteiger partial charge >= 0.3 is 0 Å². The predicted molar refractivity (Wildman–Crippen MR) is 131 cm³/mol. The zero-order valence-corrected chi connectivity index (χ0v) is 21.0. The highest BCUT2D eigenvalue weighted by molar-refractivity contribution is 7.99. The Labute approximate surface area is 197 Å². The Morgan fingerprint density at radius 3 is 2.62 bits per heavy atom. The number of aryl methyl sites for hydroxylation is 1. The second-order valence-electron chi connectivity index (χ2n) is 7.41. The van der Waals surface area contributed by atoms with Crippen molar-refractivity contribution < 1.29 is 17.9 Å². The van der Waals surface area contributed by atoms with Gasteiger partial charge in [-0.15, -0.1) is 11.8 Å². The molecule has 0 atom stereocenters. The summed E-state index contributed by atoms with van der Waals surface area (Å²) in [4.78, 5) is 18.9. The Morgan fingerprint density at radius 2 is 1.94 bits per heavy atom. The number of rotatable bonds is 10. The van der Waals surface area contributed by atoms with E-state index in [1.807, 2.05) is 11.5 Å². The molecule has 0 aliphatic rings. The molecule has 0 unspecified atom stereocenters. The highest BCUT2D eigenvalue weighted by atomic mass is 32.2. The number of thioether (sulfide) groups is 1. The molecule has 0 aliphatic heterocycles. The second-order valence-corrected chi connectivity index (χ2v) is 11.6. The maximum Gasteiger partial charge on any atom is 0.248 e. The van der Waals surface area contributed by atoms with E-state index in [0.29, 0.717) is 31.0 Å². The molecular weight excluding hydrogens is 464 g/mol. The van der Waals surface area contributed by atoms with Gasteiger partial charge in [-0.1, -0.05) is 29.0 Å². The van der Waals surface area contributed by atoms with Gasteiger partial charge in [-0.25, -0.2) is 8.42 Å². The summed E-state index contributed by atoms with van der Waals surface area (Å²) in [5, 5.41) is 0. The number of thiazole rings is 1. The highest BCUT2D eigenvalue weighted by Crippen LogP contribution is 2.22. The summed E-state index contributed by atoms with van der Waals surface area (Å²) < 4.78 is 32.0. The number of fused-ring (bicyclic) bond motifs is 1. The zero-order valence-electron chi connectivity index (χ0n) is 18.5. The summed E-state index contributed by atoms with van der Waals surface area (Å²) in [6.45, 7) is 5.63. The van der Waals surface area contributed by atoms with Crippen molar-refractivity contribution in [3.05, 3.63) is 52.8 Å².